The lowest BCUT2D eigenvalue weighted by molar-refractivity contribution is 0.528. The van der Waals surface area contributed by atoms with Crippen LogP contribution >= 0.6 is 0 Å². The topological polar surface area (TPSA) is 15.3 Å². The number of nitrogens with zero attached hydrogens (tertiary/aromatic N) is 1. The maximum atomic E-state index is 14.3. The first-order valence-corrected chi connectivity index (χ1v) is 8.03. The molecule has 3 rings (SSSR count). The van der Waals surface area contributed by atoms with Gasteiger partial charge in [-0.2, -0.15) is 0 Å². The number of hydrogen-bond acceptors (Lipinski definition) is 2. The third kappa shape index (κ3) is 3.32. The molecule has 1 unspecified atom stereocenters. The maximum absolute atomic E-state index is 14.3. The number of halogens is 1. The van der Waals surface area contributed by atoms with Crippen molar-refractivity contribution in [1.29, 1.82) is 0 Å². The van der Waals surface area contributed by atoms with E-state index in [1.54, 1.807) is 6.07 Å². The van der Waals surface area contributed by atoms with Crippen LogP contribution in [0.5, 0.6) is 0 Å². The van der Waals surface area contributed by atoms with Gasteiger partial charge in [-0.1, -0.05) is 19.4 Å². The Kier molecular flexibility index (Phi) is 4.25. The Balaban J connectivity index is 1.61. The van der Waals surface area contributed by atoms with Gasteiger partial charge in [0, 0.05) is 25.7 Å². The highest BCUT2D eigenvalue weighted by atomic mass is 19.1. The molecular formula is C17H25FN2. The molecule has 0 bridgehead atoms. The zero-order valence-corrected chi connectivity index (χ0v) is 12.4. The van der Waals surface area contributed by atoms with Gasteiger partial charge in [-0.05, 0) is 49.3 Å². The van der Waals surface area contributed by atoms with Gasteiger partial charge in [0.25, 0.3) is 0 Å². The monoisotopic (exact) mass is 276 g/mol. The zero-order valence-electron chi connectivity index (χ0n) is 12.4. The predicted molar refractivity (Wildman–Crippen MR) is 81.5 cm³/mol. The first kappa shape index (κ1) is 13.9. The van der Waals surface area contributed by atoms with E-state index in [4.69, 9.17) is 0 Å². The highest BCUT2D eigenvalue weighted by Gasteiger charge is 2.24. The Morgan fingerprint density at radius 2 is 2.15 bits per heavy atom. The first-order chi connectivity index (χ1) is 9.76. The first-order valence-electron chi connectivity index (χ1n) is 8.03. The minimum absolute atomic E-state index is 0.0581. The summed E-state index contributed by atoms with van der Waals surface area (Å²) in [5, 5.41) is 3.43. The van der Waals surface area contributed by atoms with E-state index in [-0.39, 0.29) is 5.82 Å². The lowest BCUT2D eigenvalue weighted by Gasteiger charge is -2.20. The Hall–Kier alpha value is -1.09. The average Bonchev–Trinajstić information content (AvgIpc) is 3.16. The molecule has 1 aliphatic heterocycles. The molecule has 1 saturated heterocycles. The summed E-state index contributed by atoms with van der Waals surface area (Å²) in [5.74, 6) is 0.688. The normalized spacial score (nSPS) is 22.5. The number of nitrogens with one attached hydrogen (secondary N) is 1. The number of rotatable bonds is 6. The van der Waals surface area contributed by atoms with Gasteiger partial charge in [0.15, 0.2) is 0 Å². The third-order valence-electron chi connectivity index (χ3n) is 4.51. The molecule has 0 radical (unpaired) electrons. The molecule has 0 spiro atoms. The van der Waals surface area contributed by atoms with Gasteiger partial charge in [0.1, 0.15) is 5.82 Å². The van der Waals surface area contributed by atoms with Crippen molar-refractivity contribution in [3.8, 4) is 0 Å². The summed E-state index contributed by atoms with van der Waals surface area (Å²) in [6.07, 6.45) is 6.24. The van der Waals surface area contributed by atoms with Crippen molar-refractivity contribution in [3.63, 3.8) is 0 Å². The van der Waals surface area contributed by atoms with Crippen LogP contribution in [0.25, 0.3) is 0 Å². The second-order valence-electron chi connectivity index (χ2n) is 6.33. The number of anilines is 1. The van der Waals surface area contributed by atoms with Crippen molar-refractivity contribution < 1.29 is 4.39 Å². The van der Waals surface area contributed by atoms with Gasteiger partial charge in [0.05, 0.1) is 5.69 Å². The second kappa shape index (κ2) is 6.13. The van der Waals surface area contributed by atoms with Crippen LogP contribution in [0.3, 0.4) is 0 Å². The minimum Gasteiger partial charge on any atom is -0.369 e. The van der Waals surface area contributed by atoms with Gasteiger partial charge in [0.2, 0.25) is 0 Å². The molecule has 0 amide bonds. The molecule has 1 heterocycles. The predicted octanol–water partition coefficient (Wildman–Crippen LogP) is 3.70. The SMILES string of the molecule is CCCC1CCN(c2ccc(CNC3CC3)cc2F)C1. The van der Waals surface area contributed by atoms with E-state index in [0.29, 0.717) is 6.04 Å². The standard InChI is InChI=1S/C17H25FN2/c1-2-3-13-8-9-20(12-13)17-7-4-14(10-16(17)18)11-19-15-5-6-15/h4,7,10,13,15,19H,2-3,5-6,8-9,11-12H2,1H3. The van der Waals surface area contributed by atoms with Crippen molar-refractivity contribution >= 4 is 5.69 Å². The van der Waals surface area contributed by atoms with Crippen LogP contribution < -0.4 is 10.2 Å². The van der Waals surface area contributed by atoms with E-state index in [1.165, 1.54) is 32.1 Å². The Labute approximate surface area is 121 Å². The molecule has 1 saturated carbocycles. The van der Waals surface area contributed by atoms with Crippen LogP contribution in [-0.4, -0.2) is 19.1 Å². The molecule has 1 aliphatic carbocycles. The molecule has 2 nitrogen and oxygen atoms in total. The van der Waals surface area contributed by atoms with Gasteiger partial charge in [-0.25, -0.2) is 4.39 Å². The van der Waals surface area contributed by atoms with Crippen LogP contribution in [0, 0.1) is 11.7 Å². The summed E-state index contributed by atoms with van der Waals surface area (Å²) in [6.45, 7) is 5.04. The Morgan fingerprint density at radius 1 is 1.30 bits per heavy atom. The highest BCUT2D eigenvalue weighted by Crippen LogP contribution is 2.29. The van der Waals surface area contributed by atoms with Crippen LogP contribution in [-0.2, 0) is 6.54 Å². The summed E-state index contributed by atoms with van der Waals surface area (Å²) in [4.78, 5) is 2.22. The van der Waals surface area contributed by atoms with Crippen molar-refractivity contribution in [2.45, 2.75) is 51.6 Å². The molecule has 2 fully saturated rings. The summed E-state index contributed by atoms with van der Waals surface area (Å²) >= 11 is 0. The summed E-state index contributed by atoms with van der Waals surface area (Å²) in [6, 6.07) is 6.41. The van der Waals surface area contributed by atoms with Crippen LogP contribution in [0.15, 0.2) is 18.2 Å². The largest absolute Gasteiger partial charge is 0.369 e. The quantitative estimate of drug-likeness (QED) is 0.852. The highest BCUT2D eigenvalue weighted by molar-refractivity contribution is 5.50. The van der Waals surface area contributed by atoms with E-state index in [1.807, 2.05) is 6.07 Å². The van der Waals surface area contributed by atoms with Crippen LogP contribution in [0.1, 0.15) is 44.6 Å². The molecule has 1 N–H and O–H groups in total. The fourth-order valence-corrected chi connectivity index (χ4v) is 3.16. The van der Waals surface area contributed by atoms with E-state index in [9.17, 15) is 4.39 Å². The van der Waals surface area contributed by atoms with Crippen LogP contribution in [0.2, 0.25) is 0 Å². The lowest BCUT2D eigenvalue weighted by atomic mass is 10.0. The molecule has 0 aromatic heterocycles. The number of benzene rings is 1. The Morgan fingerprint density at radius 3 is 2.85 bits per heavy atom. The van der Waals surface area contributed by atoms with E-state index >= 15 is 0 Å². The average molecular weight is 276 g/mol. The summed E-state index contributed by atoms with van der Waals surface area (Å²) in [5.41, 5.74) is 1.85. The minimum atomic E-state index is -0.0581. The second-order valence-corrected chi connectivity index (χ2v) is 6.33. The molecule has 1 aromatic carbocycles. The fraction of sp³-hybridized carbons (Fsp3) is 0.647. The lowest BCUT2D eigenvalue weighted by Crippen LogP contribution is -2.21. The fourth-order valence-electron chi connectivity index (χ4n) is 3.16. The molecule has 20 heavy (non-hydrogen) atoms. The van der Waals surface area contributed by atoms with Crippen molar-refractivity contribution in [2.75, 3.05) is 18.0 Å². The third-order valence-corrected chi connectivity index (χ3v) is 4.51. The Bertz CT molecular complexity index is 456. The molecule has 3 heteroatoms. The molecule has 110 valence electrons. The number of hydrogen-bond donors (Lipinski definition) is 1. The summed E-state index contributed by atoms with van der Waals surface area (Å²) < 4.78 is 14.3. The van der Waals surface area contributed by atoms with Crippen LogP contribution in [0.4, 0.5) is 10.1 Å². The van der Waals surface area contributed by atoms with Crippen molar-refractivity contribution in [1.82, 2.24) is 5.32 Å². The van der Waals surface area contributed by atoms with E-state index in [2.05, 4.69) is 23.2 Å². The zero-order chi connectivity index (χ0) is 13.9. The van der Waals surface area contributed by atoms with Crippen molar-refractivity contribution in [3.05, 3.63) is 29.6 Å². The van der Waals surface area contributed by atoms with E-state index < -0.39 is 0 Å². The smallest absolute Gasteiger partial charge is 0.146 e. The van der Waals surface area contributed by atoms with Gasteiger partial charge < -0.3 is 10.2 Å². The molecule has 1 aromatic rings. The van der Waals surface area contributed by atoms with Gasteiger partial charge in [-0.3, -0.25) is 0 Å². The molecule has 2 aliphatic rings. The molecular weight excluding hydrogens is 251 g/mol. The van der Waals surface area contributed by atoms with Gasteiger partial charge >= 0.3 is 0 Å². The van der Waals surface area contributed by atoms with Crippen molar-refractivity contribution in [2.24, 2.45) is 5.92 Å². The summed E-state index contributed by atoms with van der Waals surface area (Å²) in [7, 11) is 0. The van der Waals surface area contributed by atoms with E-state index in [0.717, 1.165) is 36.8 Å². The molecule has 1 atom stereocenters. The maximum Gasteiger partial charge on any atom is 0.146 e. The van der Waals surface area contributed by atoms with Gasteiger partial charge in [-0.15, -0.1) is 0 Å².